The van der Waals surface area contributed by atoms with Crippen molar-refractivity contribution in [1.29, 1.82) is 0 Å². The standard InChI is InChI=1S/C13H15N3S/c1-9(2)11-4-3-7-15-12(11)6-5-10-8-17-13(14)16-10/h3-9H,1-2H3,(H2,14,16). The molecule has 0 fully saturated rings. The van der Waals surface area contributed by atoms with Crippen LogP contribution in [0.2, 0.25) is 0 Å². The first-order valence-corrected chi connectivity index (χ1v) is 6.39. The maximum absolute atomic E-state index is 5.58. The summed E-state index contributed by atoms with van der Waals surface area (Å²) in [6.45, 7) is 4.32. The summed E-state index contributed by atoms with van der Waals surface area (Å²) in [5, 5.41) is 2.53. The second-order valence-corrected chi connectivity index (χ2v) is 4.97. The monoisotopic (exact) mass is 245 g/mol. The van der Waals surface area contributed by atoms with Gasteiger partial charge in [0.1, 0.15) is 0 Å². The van der Waals surface area contributed by atoms with Crippen molar-refractivity contribution >= 4 is 28.6 Å². The van der Waals surface area contributed by atoms with E-state index >= 15 is 0 Å². The molecule has 0 spiro atoms. The first-order valence-electron chi connectivity index (χ1n) is 5.51. The summed E-state index contributed by atoms with van der Waals surface area (Å²) in [6.07, 6.45) is 5.74. The lowest BCUT2D eigenvalue weighted by Gasteiger charge is -2.07. The van der Waals surface area contributed by atoms with Gasteiger partial charge in [-0.3, -0.25) is 4.98 Å². The lowest BCUT2D eigenvalue weighted by atomic mass is 10.0. The van der Waals surface area contributed by atoms with Crippen LogP contribution in [0.1, 0.15) is 36.7 Å². The highest BCUT2D eigenvalue weighted by Gasteiger charge is 2.04. The average Bonchev–Trinajstić information content (AvgIpc) is 2.73. The largest absolute Gasteiger partial charge is 0.375 e. The molecular weight excluding hydrogens is 230 g/mol. The molecule has 4 heteroatoms. The number of anilines is 1. The van der Waals surface area contributed by atoms with Crippen LogP contribution in [0.15, 0.2) is 23.7 Å². The summed E-state index contributed by atoms with van der Waals surface area (Å²) in [7, 11) is 0. The summed E-state index contributed by atoms with van der Waals surface area (Å²) in [4.78, 5) is 8.56. The van der Waals surface area contributed by atoms with Gasteiger partial charge in [-0.15, -0.1) is 11.3 Å². The van der Waals surface area contributed by atoms with E-state index in [0.717, 1.165) is 11.4 Å². The van der Waals surface area contributed by atoms with Gasteiger partial charge in [0.25, 0.3) is 0 Å². The topological polar surface area (TPSA) is 51.8 Å². The first-order chi connectivity index (χ1) is 8.16. The second kappa shape index (κ2) is 5.10. The van der Waals surface area contributed by atoms with Gasteiger partial charge < -0.3 is 5.73 Å². The quantitative estimate of drug-likeness (QED) is 0.901. The molecule has 0 atom stereocenters. The molecule has 0 aliphatic rings. The van der Waals surface area contributed by atoms with Gasteiger partial charge in [-0.05, 0) is 29.7 Å². The molecule has 0 aliphatic carbocycles. The van der Waals surface area contributed by atoms with Crippen molar-refractivity contribution in [2.24, 2.45) is 0 Å². The SMILES string of the molecule is CC(C)c1cccnc1C=Cc1csc(N)n1. The van der Waals surface area contributed by atoms with Gasteiger partial charge in [-0.1, -0.05) is 19.9 Å². The molecule has 0 amide bonds. The minimum atomic E-state index is 0.462. The molecule has 0 aliphatic heterocycles. The normalized spacial score (nSPS) is 11.5. The molecule has 88 valence electrons. The highest BCUT2D eigenvalue weighted by Crippen LogP contribution is 2.20. The summed E-state index contributed by atoms with van der Waals surface area (Å²) in [5.74, 6) is 0.462. The number of rotatable bonds is 3. The van der Waals surface area contributed by atoms with Crippen molar-refractivity contribution in [1.82, 2.24) is 9.97 Å². The third-order valence-corrected chi connectivity index (χ3v) is 3.14. The van der Waals surface area contributed by atoms with Gasteiger partial charge in [0.05, 0.1) is 11.4 Å². The predicted octanol–water partition coefficient (Wildman–Crippen LogP) is 3.41. The van der Waals surface area contributed by atoms with Crippen LogP contribution in [0.4, 0.5) is 5.13 Å². The fourth-order valence-electron chi connectivity index (χ4n) is 1.60. The lowest BCUT2D eigenvalue weighted by Crippen LogP contribution is -1.93. The number of nitrogens with two attached hydrogens (primary N) is 1. The van der Waals surface area contributed by atoms with E-state index < -0.39 is 0 Å². The molecule has 0 bridgehead atoms. The zero-order valence-electron chi connectivity index (χ0n) is 9.92. The Bertz CT molecular complexity index is 529. The van der Waals surface area contributed by atoms with Crippen LogP contribution in [-0.4, -0.2) is 9.97 Å². The minimum Gasteiger partial charge on any atom is -0.375 e. The Morgan fingerprint density at radius 3 is 2.82 bits per heavy atom. The second-order valence-electron chi connectivity index (χ2n) is 4.08. The van der Waals surface area contributed by atoms with Crippen LogP contribution in [-0.2, 0) is 0 Å². The van der Waals surface area contributed by atoms with Gasteiger partial charge in [0.15, 0.2) is 5.13 Å². The number of hydrogen-bond donors (Lipinski definition) is 1. The number of thiazole rings is 1. The number of hydrogen-bond acceptors (Lipinski definition) is 4. The summed E-state index contributed by atoms with van der Waals surface area (Å²) < 4.78 is 0. The Balaban J connectivity index is 2.26. The molecular formula is C13H15N3S. The van der Waals surface area contributed by atoms with E-state index in [4.69, 9.17) is 5.73 Å². The third-order valence-electron chi connectivity index (χ3n) is 2.44. The van der Waals surface area contributed by atoms with Crippen molar-refractivity contribution in [2.45, 2.75) is 19.8 Å². The van der Waals surface area contributed by atoms with Crippen LogP contribution in [0.5, 0.6) is 0 Å². The summed E-state index contributed by atoms with van der Waals surface area (Å²) >= 11 is 1.45. The average molecular weight is 245 g/mol. The van der Waals surface area contributed by atoms with E-state index in [1.165, 1.54) is 16.9 Å². The molecule has 0 saturated heterocycles. The molecule has 2 aromatic rings. The van der Waals surface area contributed by atoms with Crippen LogP contribution in [0.3, 0.4) is 0 Å². The molecule has 0 unspecified atom stereocenters. The Kier molecular flexibility index (Phi) is 3.54. The molecule has 2 N–H and O–H groups in total. The van der Waals surface area contributed by atoms with E-state index in [-0.39, 0.29) is 0 Å². The molecule has 0 aromatic carbocycles. The fraction of sp³-hybridized carbons (Fsp3) is 0.231. The van der Waals surface area contributed by atoms with Gasteiger partial charge in [0, 0.05) is 11.6 Å². The zero-order valence-corrected chi connectivity index (χ0v) is 10.7. The van der Waals surface area contributed by atoms with E-state index in [1.807, 2.05) is 23.6 Å². The van der Waals surface area contributed by atoms with Crippen molar-refractivity contribution in [3.63, 3.8) is 0 Å². The maximum atomic E-state index is 5.58. The number of pyridine rings is 1. The minimum absolute atomic E-state index is 0.462. The predicted molar refractivity (Wildman–Crippen MR) is 73.8 cm³/mol. The number of aromatic nitrogens is 2. The van der Waals surface area contributed by atoms with Crippen molar-refractivity contribution < 1.29 is 0 Å². The Morgan fingerprint density at radius 2 is 2.18 bits per heavy atom. The van der Waals surface area contributed by atoms with Crippen molar-refractivity contribution in [3.05, 3.63) is 40.7 Å². The maximum Gasteiger partial charge on any atom is 0.180 e. The molecule has 2 heterocycles. The number of nitrogen functional groups attached to an aromatic ring is 1. The summed E-state index contributed by atoms with van der Waals surface area (Å²) in [6, 6.07) is 4.07. The molecule has 2 rings (SSSR count). The molecule has 17 heavy (non-hydrogen) atoms. The van der Waals surface area contributed by atoms with E-state index in [0.29, 0.717) is 11.0 Å². The molecule has 0 radical (unpaired) electrons. The van der Waals surface area contributed by atoms with Crippen molar-refractivity contribution in [2.75, 3.05) is 5.73 Å². The number of nitrogens with zero attached hydrogens (tertiary/aromatic N) is 2. The Hall–Kier alpha value is -1.68. The van der Waals surface area contributed by atoms with Crippen LogP contribution in [0.25, 0.3) is 12.2 Å². The van der Waals surface area contributed by atoms with Crippen LogP contribution in [0, 0.1) is 0 Å². The Labute approximate surface area is 105 Å². The van der Waals surface area contributed by atoms with Crippen molar-refractivity contribution in [3.8, 4) is 0 Å². The highest BCUT2D eigenvalue weighted by molar-refractivity contribution is 7.13. The summed E-state index contributed by atoms with van der Waals surface area (Å²) in [5.41, 5.74) is 8.70. The molecule has 2 aromatic heterocycles. The highest BCUT2D eigenvalue weighted by atomic mass is 32.1. The Morgan fingerprint density at radius 1 is 1.35 bits per heavy atom. The zero-order chi connectivity index (χ0) is 12.3. The van der Waals surface area contributed by atoms with Gasteiger partial charge >= 0.3 is 0 Å². The molecule has 3 nitrogen and oxygen atoms in total. The molecule has 0 saturated carbocycles. The van der Waals surface area contributed by atoms with E-state index in [2.05, 4.69) is 29.9 Å². The van der Waals surface area contributed by atoms with Gasteiger partial charge in [-0.2, -0.15) is 0 Å². The van der Waals surface area contributed by atoms with Crippen LogP contribution >= 0.6 is 11.3 Å². The first kappa shape index (κ1) is 11.8. The van der Waals surface area contributed by atoms with E-state index in [9.17, 15) is 0 Å². The third kappa shape index (κ3) is 2.91. The smallest absolute Gasteiger partial charge is 0.180 e. The van der Waals surface area contributed by atoms with Gasteiger partial charge in [-0.25, -0.2) is 4.98 Å². The lowest BCUT2D eigenvalue weighted by molar-refractivity contribution is 0.854. The van der Waals surface area contributed by atoms with E-state index in [1.54, 1.807) is 6.20 Å². The fourth-order valence-corrected chi connectivity index (χ4v) is 2.13. The van der Waals surface area contributed by atoms with Crippen LogP contribution < -0.4 is 5.73 Å². The van der Waals surface area contributed by atoms with Gasteiger partial charge in [0.2, 0.25) is 0 Å².